The van der Waals surface area contributed by atoms with Crippen molar-refractivity contribution < 1.29 is 14.4 Å². The summed E-state index contributed by atoms with van der Waals surface area (Å²) in [6, 6.07) is 13.1. The van der Waals surface area contributed by atoms with E-state index in [2.05, 4.69) is 10.6 Å². The van der Waals surface area contributed by atoms with E-state index in [1.807, 2.05) is 12.3 Å². The van der Waals surface area contributed by atoms with Crippen LogP contribution in [0.15, 0.2) is 53.4 Å². The number of benzene rings is 2. The molecule has 0 aromatic heterocycles. The summed E-state index contributed by atoms with van der Waals surface area (Å²) in [7, 11) is 0. The topological polar surface area (TPSA) is 101 Å². The first-order valence-corrected chi connectivity index (χ1v) is 7.88. The van der Waals surface area contributed by atoms with Gasteiger partial charge in [-0.05, 0) is 48.7 Å². The van der Waals surface area contributed by atoms with Crippen molar-refractivity contribution in [3.63, 3.8) is 0 Å². The molecule has 4 N–H and O–H groups in total. The van der Waals surface area contributed by atoms with E-state index in [-0.39, 0.29) is 0 Å². The van der Waals surface area contributed by atoms with E-state index in [1.54, 1.807) is 18.2 Å². The van der Waals surface area contributed by atoms with Gasteiger partial charge in [-0.25, -0.2) is 0 Å². The van der Waals surface area contributed by atoms with Crippen LogP contribution in [0.4, 0.5) is 11.4 Å². The van der Waals surface area contributed by atoms with E-state index in [0.29, 0.717) is 16.9 Å². The van der Waals surface area contributed by atoms with Crippen LogP contribution in [0.3, 0.4) is 0 Å². The van der Waals surface area contributed by atoms with Crippen molar-refractivity contribution in [2.24, 2.45) is 5.73 Å². The van der Waals surface area contributed by atoms with Gasteiger partial charge in [0.15, 0.2) is 0 Å². The largest absolute Gasteiger partial charge is 0.366 e. The van der Waals surface area contributed by atoms with Gasteiger partial charge in [0.25, 0.3) is 0 Å². The molecule has 23 heavy (non-hydrogen) atoms. The number of carbonyl (C=O) groups is 3. The molecule has 0 saturated heterocycles. The lowest BCUT2D eigenvalue weighted by Gasteiger charge is -2.07. The van der Waals surface area contributed by atoms with Gasteiger partial charge in [-0.15, -0.1) is 11.8 Å². The molecule has 0 unspecified atom stereocenters. The van der Waals surface area contributed by atoms with Crippen LogP contribution in [-0.2, 0) is 9.59 Å². The molecule has 0 aliphatic carbocycles. The van der Waals surface area contributed by atoms with Crippen LogP contribution in [0.2, 0.25) is 0 Å². The Labute approximate surface area is 137 Å². The molecular weight excluding hydrogens is 314 g/mol. The van der Waals surface area contributed by atoms with Gasteiger partial charge in [-0.3, -0.25) is 14.4 Å². The Bertz CT molecular complexity index is 744. The summed E-state index contributed by atoms with van der Waals surface area (Å²) < 4.78 is 0. The van der Waals surface area contributed by atoms with Crippen LogP contribution in [0.5, 0.6) is 0 Å². The van der Waals surface area contributed by atoms with E-state index in [4.69, 9.17) is 5.73 Å². The third-order valence-electron chi connectivity index (χ3n) is 2.96. The summed E-state index contributed by atoms with van der Waals surface area (Å²) in [5, 5.41) is 4.98. The molecule has 6 nitrogen and oxygen atoms in total. The molecule has 0 bridgehead atoms. The Morgan fingerprint density at radius 1 is 0.913 bits per heavy atom. The molecular formula is C16H15N3O3S. The number of nitrogens with one attached hydrogen (secondary N) is 2. The first-order chi connectivity index (χ1) is 11.0. The predicted molar refractivity (Wildman–Crippen MR) is 90.4 cm³/mol. The number of thioether (sulfide) groups is 1. The lowest BCUT2D eigenvalue weighted by Crippen LogP contribution is -2.29. The Morgan fingerprint density at radius 3 is 2.09 bits per heavy atom. The average molecular weight is 329 g/mol. The molecule has 0 heterocycles. The number of hydrogen-bond donors (Lipinski definition) is 3. The summed E-state index contributed by atoms with van der Waals surface area (Å²) in [6.45, 7) is 0. The number of primary amides is 1. The Morgan fingerprint density at radius 2 is 1.52 bits per heavy atom. The zero-order valence-electron chi connectivity index (χ0n) is 12.3. The van der Waals surface area contributed by atoms with Crippen molar-refractivity contribution in [3.05, 3.63) is 54.1 Å². The Hall–Kier alpha value is -2.80. The number of hydrogen-bond acceptors (Lipinski definition) is 4. The zero-order chi connectivity index (χ0) is 16.8. The molecule has 7 heteroatoms. The number of rotatable bonds is 4. The third kappa shape index (κ3) is 4.58. The molecule has 0 aliphatic heterocycles. The second-order valence-electron chi connectivity index (χ2n) is 4.58. The molecule has 2 aromatic carbocycles. The number of anilines is 2. The normalized spacial score (nSPS) is 9.96. The fourth-order valence-electron chi connectivity index (χ4n) is 1.79. The van der Waals surface area contributed by atoms with Gasteiger partial charge in [-0.1, -0.05) is 6.07 Å². The molecule has 0 radical (unpaired) electrons. The van der Waals surface area contributed by atoms with E-state index in [1.165, 1.54) is 36.0 Å². The molecule has 2 rings (SSSR count). The maximum Gasteiger partial charge on any atom is 0.314 e. The zero-order valence-corrected chi connectivity index (χ0v) is 13.1. The molecule has 0 saturated carbocycles. The van der Waals surface area contributed by atoms with Crippen molar-refractivity contribution >= 4 is 40.9 Å². The number of nitrogens with two attached hydrogens (primary N) is 1. The first kappa shape index (κ1) is 16.6. The van der Waals surface area contributed by atoms with Crippen LogP contribution in [-0.4, -0.2) is 24.0 Å². The highest BCUT2D eigenvalue weighted by Crippen LogP contribution is 2.19. The quantitative estimate of drug-likeness (QED) is 0.590. The first-order valence-electron chi connectivity index (χ1n) is 6.66. The molecule has 0 fully saturated rings. The number of carbonyl (C=O) groups excluding carboxylic acids is 3. The predicted octanol–water partition coefficient (Wildman–Crippen LogP) is 2.08. The monoisotopic (exact) mass is 329 g/mol. The van der Waals surface area contributed by atoms with Crippen molar-refractivity contribution in [1.29, 1.82) is 0 Å². The van der Waals surface area contributed by atoms with Gasteiger partial charge < -0.3 is 16.4 Å². The van der Waals surface area contributed by atoms with Crippen LogP contribution >= 0.6 is 11.8 Å². The minimum Gasteiger partial charge on any atom is -0.366 e. The van der Waals surface area contributed by atoms with E-state index in [9.17, 15) is 14.4 Å². The van der Waals surface area contributed by atoms with Crippen LogP contribution < -0.4 is 16.4 Å². The summed E-state index contributed by atoms with van der Waals surface area (Å²) >= 11 is 1.54. The van der Waals surface area contributed by atoms with Gasteiger partial charge in [0.05, 0.1) is 0 Å². The second-order valence-corrected chi connectivity index (χ2v) is 5.46. The number of amides is 3. The van der Waals surface area contributed by atoms with Gasteiger partial charge in [-0.2, -0.15) is 0 Å². The standard InChI is InChI=1S/C16H15N3O3S/c1-23-13-4-2-3-12(9-13)19-16(22)15(21)18-11-7-5-10(6-8-11)14(17)20/h2-9H,1H3,(H2,17,20)(H,18,21)(H,19,22). The molecule has 2 aromatic rings. The fourth-order valence-corrected chi connectivity index (χ4v) is 2.25. The fraction of sp³-hybridized carbons (Fsp3) is 0.0625. The minimum absolute atomic E-state index is 0.321. The highest BCUT2D eigenvalue weighted by Gasteiger charge is 2.14. The van der Waals surface area contributed by atoms with E-state index in [0.717, 1.165) is 4.90 Å². The van der Waals surface area contributed by atoms with E-state index >= 15 is 0 Å². The van der Waals surface area contributed by atoms with Crippen molar-refractivity contribution in [2.75, 3.05) is 16.9 Å². The Balaban J connectivity index is 1.99. The summed E-state index contributed by atoms with van der Waals surface area (Å²) in [6.07, 6.45) is 1.92. The van der Waals surface area contributed by atoms with Crippen molar-refractivity contribution in [2.45, 2.75) is 4.90 Å². The highest BCUT2D eigenvalue weighted by atomic mass is 32.2. The molecule has 3 amide bonds. The minimum atomic E-state index is -0.800. The van der Waals surface area contributed by atoms with Gasteiger partial charge in [0, 0.05) is 21.8 Å². The average Bonchev–Trinajstić information content (AvgIpc) is 2.55. The van der Waals surface area contributed by atoms with Gasteiger partial charge >= 0.3 is 11.8 Å². The van der Waals surface area contributed by atoms with Crippen molar-refractivity contribution in [1.82, 2.24) is 0 Å². The highest BCUT2D eigenvalue weighted by molar-refractivity contribution is 7.98. The summed E-state index contributed by atoms with van der Waals surface area (Å²) in [4.78, 5) is 35.7. The molecule has 0 aliphatic rings. The van der Waals surface area contributed by atoms with Crippen LogP contribution in [0.25, 0.3) is 0 Å². The second kappa shape index (κ2) is 7.46. The SMILES string of the molecule is CSc1cccc(NC(=O)C(=O)Nc2ccc(C(N)=O)cc2)c1. The molecule has 0 atom stereocenters. The summed E-state index contributed by atoms with van der Waals surface area (Å²) in [5.74, 6) is -2.14. The smallest absolute Gasteiger partial charge is 0.314 e. The lowest BCUT2D eigenvalue weighted by molar-refractivity contribution is -0.133. The molecule has 118 valence electrons. The lowest BCUT2D eigenvalue weighted by atomic mass is 10.2. The van der Waals surface area contributed by atoms with Gasteiger partial charge in [0.2, 0.25) is 5.91 Å². The summed E-state index contributed by atoms with van der Waals surface area (Å²) in [5.41, 5.74) is 6.39. The van der Waals surface area contributed by atoms with Gasteiger partial charge in [0.1, 0.15) is 0 Å². The van der Waals surface area contributed by atoms with Crippen molar-refractivity contribution in [3.8, 4) is 0 Å². The third-order valence-corrected chi connectivity index (χ3v) is 3.69. The maximum atomic E-state index is 11.9. The van der Waals surface area contributed by atoms with Crippen LogP contribution in [0.1, 0.15) is 10.4 Å². The molecule has 0 spiro atoms. The maximum absolute atomic E-state index is 11.9. The van der Waals surface area contributed by atoms with E-state index < -0.39 is 17.7 Å². The van der Waals surface area contributed by atoms with Crippen LogP contribution in [0, 0.1) is 0 Å². The Kier molecular flexibility index (Phi) is 5.37.